The van der Waals surface area contributed by atoms with Gasteiger partial charge in [-0.25, -0.2) is 0 Å². The molecule has 0 amide bonds. The first-order valence-corrected chi connectivity index (χ1v) is 7.39. The first kappa shape index (κ1) is 13.9. The lowest BCUT2D eigenvalue weighted by Gasteiger charge is -2.04. The van der Waals surface area contributed by atoms with E-state index in [2.05, 4.69) is 24.0 Å². The first-order chi connectivity index (χ1) is 9.10. The number of hydrogen-bond donors (Lipinski definition) is 1. The van der Waals surface area contributed by atoms with Crippen LogP contribution >= 0.6 is 11.8 Å². The highest BCUT2D eigenvalue weighted by atomic mass is 32.2. The third kappa shape index (κ3) is 3.50. The van der Waals surface area contributed by atoms with Gasteiger partial charge in [0.15, 0.2) is 5.82 Å². The van der Waals surface area contributed by atoms with Gasteiger partial charge in [-0.05, 0) is 37.1 Å². The van der Waals surface area contributed by atoms with E-state index in [-0.39, 0.29) is 5.75 Å². The van der Waals surface area contributed by atoms with Gasteiger partial charge >= 0.3 is 0 Å². The van der Waals surface area contributed by atoms with Crippen LogP contribution in [0, 0.1) is 6.92 Å². The molecule has 19 heavy (non-hydrogen) atoms. The molecule has 0 aliphatic rings. The molecule has 0 fully saturated rings. The van der Waals surface area contributed by atoms with Crippen molar-refractivity contribution in [3.8, 4) is 17.2 Å². The topological polar surface area (TPSA) is 59.2 Å². The standard InChI is InChI=1S/C14H18N2O2S/c1-4-10(3)19-8-13-15-14(18-16-13)12-6-5-11(17)7-9(12)2/h5-7,10,17H,4,8H2,1-3H3. The van der Waals surface area contributed by atoms with Crippen molar-refractivity contribution in [2.24, 2.45) is 0 Å². The summed E-state index contributed by atoms with van der Waals surface area (Å²) in [5.41, 5.74) is 1.79. The Morgan fingerprint density at radius 1 is 1.42 bits per heavy atom. The fourth-order valence-electron chi connectivity index (χ4n) is 1.64. The lowest BCUT2D eigenvalue weighted by molar-refractivity contribution is 0.424. The molecule has 0 spiro atoms. The maximum Gasteiger partial charge on any atom is 0.258 e. The normalized spacial score (nSPS) is 12.6. The molecule has 0 bridgehead atoms. The largest absolute Gasteiger partial charge is 0.508 e. The molecule has 1 N–H and O–H groups in total. The fourth-order valence-corrected chi connectivity index (χ4v) is 2.43. The highest BCUT2D eigenvalue weighted by molar-refractivity contribution is 7.99. The van der Waals surface area contributed by atoms with Crippen molar-refractivity contribution < 1.29 is 9.63 Å². The SMILES string of the molecule is CCC(C)SCc1noc(-c2ccc(O)cc2C)n1. The van der Waals surface area contributed by atoms with Crippen LogP contribution in [0.5, 0.6) is 5.75 Å². The Bertz CT molecular complexity index is 554. The third-order valence-corrected chi connectivity index (χ3v) is 4.31. The molecule has 1 atom stereocenters. The molecule has 0 radical (unpaired) electrons. The van der Waals surface area contributed by atoms with Crippen molar-refractivity contribution >= 4 is 11.8 Å². The molecule has 0 saturated heterocycles. The molecule has 1 aromatic carbocycles. The van der Waals surface area contributed by atoms with E-state index in [1.807, 2.05) is 18.7 Å². The minimum absolute atomic E-state index is 0.244. The van der Waals surface area contributed by atoms with Crippen molar-refractivity contribution in [1.82, 2.24) is 10.1 Å². The van der Waals surface area contributed by atoms with Gasteiger partial charge < -0.3 is 9.63 Å². The maximum absolute atomic E-state index is 9.39. The van der Waals surface area contributed by atoms with Gasteiger partial charge in [0.1, 0.15) is 5.75 Å². The fraction of sp³-hybridized carbons (Fsp3) is 0.429. The van der Waals surface area contributed by atoms with E-state index in [1.54, 1.807) is 18.2 Å². The maximum atomic E-state index is 9.39. The first-order valence-electron chi connectivity index (χ1n) is 6.34. The van der Waals surface area contributed by atoms with Gasteiger partial charge in [-0.1, -0.05) is 19.0 Å². The summed E-state index contributed by atoms with van der Waals surface area (Å²) in [6, 6.07) is 5.11. The predicted molar refractivity (Wildman–Crippen MR) is 77.2 cm³/mol. The molecule has 0 aliphatic heterocycles. The Morgan fingerprint density at radius 3 is 2.89 bits per heavy atom. The summed E-state index contributed by atoms with van der Waals surface area (Å²) in [5, 5.41) is 14.0. The zero-order valence-electron chi connectivity index (χ0n) is 11.4. The molecular weight excluding hydrogens is 260 g/mol. The van der Waals surface area contributed by atoms with Crippen LogP contribution in [0.3, 0.4) is 0 Å². The predicted octanol–water partition coefficient (Wildman–Crippen LogP) is 3.78. The quantitative estimate of drug-likeness (QED) is 0.901. The number of thioether (sulfide) groups is 1. The van der Waals surface area contributed by atoms with Crippen molar-refractivity contribution in [1.29, 1.82) is 0 Å². The Kier molecular flexibility index (Phi) is 4.47. The number of aromatic hydroxyl groups is 1. The van der Waals surface area contributed by atoms with Gasteiger partial charge in [0.2, 0.25) is 0 Å². The van der Waals surface area contributed by atoms with Crippen LogP contribution in [0.2, 0.25) is 0 Å². The Morgan fingerprint density at radius 2 is 2.21 bits per heavy atom. The van der Waals surface area contributed by atoms with Crippen LogP contribution in [-0.4, -0.2) is 20.5 Å². The molecule has 5 heteroatoms. The molecule has 4 nitrogen and oxygen atoms in total. The number of benzene rings is 1. The molecule has 1 aromatic heterocycles. The van der Waals surface area contributed by atoms with E-state index in [4.69, 9.17) is 4.52 Å². The Hall–Kier alpha value is -1.49. The number of rotatable bonds is 5. The second-order valence-corrected chi connectivity index (χ2v) is 5.97. The average molecular weight is 278 g/mol. The van der Waals surface area contributed by atoms with Crippen LogP contribution in [0.4, 0.5) is 0 Å². The lowest BCUT2D eigenvalue weighted by Crippen LogP contribution is -1.94. The average Bonchev–Trinajstić information content (AvgIpc) is 2.84. The number of phenols is 1. The van der Waals surface area contributed by atoms with E-state index >= 15 is 0 Å². The second-order valence-electron chi connectivity index (χ2n) is 4.54. The number of aromatic nitrogens is 2. The minimum atomic E-state index is 0.244. The van der Waals surface area contributed by atoms with Crippen molar-refractivity contribution in [3.63, 3.8) is 0 Å². The zero-order valence-corrected chi connectivity index (χ0v) is 12.2. The Balaban J connectivity index is 2.12. The van der Waals surface area contributed by atoms with Gasteiger partial charge in [0, 0.05) is 10.8 Å². The van der Waals surface area contributed by atoms with Crippen molar-refractivity contribution in [2.45, 2.75) is 38.2 Å². The molecule has 2 aromatic rings. The molecule has 2 rings (SSSR count). The highest BCUT2D eigenvalue weighted by Crippen LogP contribution is 2.26. The van der Waals surface area contributed by atoms with Gasteiger partial charge in [-0.2, -0.15) is 16.7 Å². The van der Waals surface area contributed by atoms with E-state index < -0.39 is 0 Å². The van der Waals surface area contributed by atoms with E-state index in [1.165, 1.54) is 0 Å². The van der Waals surface area contributed by atoms with Gasteiger partial charge in [-0.3, -0.25) is 0 Å². The summed E-state index contributed by atoms with van der Waals surface area (Å²) in [4.78, 5) is 4.40. The molecule has 1 heterocycles. The summed E-state index contributed by atoms with van der Waals surface area (Å²) in [6.45, 7) is 6.27. The van der Waals surface area contributed by atoms with E-state index in [0.29, 0.717) is 17.0 Å². The van der Waals surface area contributed by atoms with Crippen molar-refractivity contribution in [3.05, 3.63) is 29.6 Å². The third-order valence-electron chi connectivity index (χ3n) is 2.98. The molecule has 102 valence electrons. The summed E-state index contributed by atoms with van der Waals surface area (Å²) in [5.74, 6) is 2.23. The number of hydrogen-bond acceptors (Lipinski definition) is 5. The van der Waals surface area contributed by atoms with E-state index in [9.17, 15) is 5.11 Å². The monoisotopic (exact) mass is 278 g/mol. The number of aryl methyl sites for hydroxylation is 1. The van der Waals surface area contributed by atoms with Crippen LogP contribution < -0.4 is 0 Å². The van der Waals surface area contributed by atoms with Crippen molar-refractivity contribution in [2.75, 3.05) is 0 Å². The summed E-state index contributed by atoms with van der Waals surface area (Å²) in [6.07, 6.45) is 1.13. The van der Waals surface area contributed by atoms with Gasteiger partial charge in [-0.15, -0.1) is 0 Å². The zero-order chi connectivity index (χ0) is 13.8. The van der Waals surface area contributed by atoms with Gasteiger partial charge in [0.25, 0.3) is 5.89 Å². The smallest absolute Gasteiger partial charge is 0.258 e. The summed E-state index contributed by atoms with van der Waals surface area (Å²) >= 11 is 1.82. The van der Waals surface area contributed by atoms with Crippen LogP contribution in [0.25, 0.3) is 11.5 Å². The Labute approximate surface area is 117 Å². The number of nitrogens with zero attached hydrogens (tertiary/aromatic N) is 2. The van der Waals surface area contributed by atoms with Gasteiger partial charge in [0.05, 0.1) is 5.75 Å². The van der Waals surface area contributed by atoms with Crippen LogP contribution in [-0.2, 0) is 5.75 Å². The lowest BCUT2D eigenvalue weighted by atomic mass is 10.1. The number of phenolic OH excluding ortho intramolecular Hbond substituents is 1. The molecular formula is C14H18N2O2S. The molecule has 1 unspecified atom stereocenters. The minimum Gasteiger partial charge on any atom is -0.508 e. The van der Waals surface area contributed by atoms with E-state index in [0.717, 1.165) is 23.3 Å². The summed E-state index contributed by atoms with van der Waals surface area (Å²) in [7, 11) is 0. The second kappa shape index (κ2) is 6.10. The van der Waals surface area contributed by atoms with Crippen LogP contribution in [0.1, 0.15) is 31.7 Å². The van der Waals surface area contributed by atoms with Crippen LogP contribution in [0.15, 0.2) is 22.7 Å². The molecule has 0 saturated carbocycles. The highest BCUT2D eigenvalue weighted by Gasteiger charge is 2.12. The molecule has 0 aliphatic carbocycles. The summed E-state index contributed by atoms with van der Waals surface area (Å²) < 4.78 is 5.28.